The zero-order valence-corrected chi connectivity index (χ0v) is 19.9. The molecule has 35 heavy (non-hydrogen) atoms. The number of aliphatic hydroxyl groups is 2. The van der Waals surface area contributed by atoms with Gasteiger partial charge in [0.05, 0.1) is 35.7 Å². The van der Waals surface area contributed by atoms with Crippen molar-refractivity contribution < 1.29 is 24.5 Å². The van der Waals surface area contributed by atoms with Crippen molar-refractivity contribution in [3.05, 3.63) is 88.0 Å². The number of nitrogens with zero attached hydrogens (tertiary/aromatic N) is 2. The fourth-order valence-electron chi connectivity index (χ4n) is 4.63. The highest BCUT2D eigenvalue weighted by molar-refractivity contribution is 6.30. The Morgan fingerprint density at radius 2 is 1.89 bits per heavy atom. The van der Waals surface area contributed by atoms with E-state index in [0.29, 0.717) is 10.7 Å². The summed E-state index contributed by atoms with van der Waals surface area (Å²) >= 11 is 6.04. The van der Waals surface area contributed by atoms with Gasteiger partial charge in [0.1, 0.15) is 5.82 Å². The average molecular weight is 499 g/mol. The first-order valence-electron chi connectivity index (χ1n) is 11.7. The first-order valence-corrected chi connectivity index (χ1v) is 12.1. The molecular formula is C27H28ClFN2O4. The number of carboxylic acid groups (broad SMARTS) is 1. The molecule has 4 rings (SSSR count). The van der Waals surface area contributed by atoms with Crippen molar-refractivity contribution in [1.29, 1.82) is 0 Å². The topological polar surface area (TPSA) is 95.6 Å². The lowest BCUT2D eigenvalue weighted by Gasteiger charge is -2.21. The molecule has 3 aromatic rings. The number of halogens is 2. The van der Waals surface area contributed by atoms with Gasteiger partial charge >= 0.3 is 5.97 Å². The predicted molar refractivity (Wildman–Crippen MR) is 132 cm³/mol. The first kappa shape index (κ1) is 25.1. The Morgan fingerprint density at radius 1 is 1.17 bits per heavy atom. The Kier molecular flexibility index (Phi) is 8.00. The minimum absolute atomic E-state index is 0.0884. The number of aliphatic hydroxyl groups excluding tert-OH is 2. The summed E-state index contributed by atoms with van der Waals surface area (Å²) in [4.78, 5) is 10.8. The van der Waals surface area contributed by atoms with Crippen LogP contribution in [0.3, 0.4) is 0 Å². The Morgan fingerprint density at radius 3 is 2.57 bits per heavy atom. The van der Waals surface area contributed by atoms with Crippen molar-refractivity contribution in [2.75, 3.05) is 0 Å². The van der Waals surface area contributed by atoms with Crippen LogP contribution in [0.4, 0.5) is 4.39 Å². The molecule has 0 aliphatic heterocycles. The van der Waals surface area contributed by atoms with Crippen molar-refractivity contribution >= 4 is 23.6 Å². The highest BCUT2D eigenvalue weighted by atomic mass is 35.5. The fourth-order valence-corrected chi connectivity index (χ4v) is 4.75. The van der Waals surface area contributed by atoms with Crippen LogP contribution in [0, 0.1) is 5.82 Å². The molecule has 0 saturated heterocycles. The predicted octanol–water partition coefficient (Wildman–Crippen LogP) is 4.93. The molecule has 0 bridgehead atoms. The average Bonchev–Trinajstić information content (AvgIpc) is 3.18. The van der Waals surface area contributed by atoms with E-state index in [0.717, 1.165) is 42.6 Å². The van der Waals surface area contributed by atoms with Gasteiger partial charge < -0.3 is 15.3 Å². The third-order valence-electron chi connectivity index (χ3n) is 6.29. The molecule has 0 saturated carbocycles. The van der Waals surface area contributed by atoms with Crippen LogP contribution in [-0.2, 0) is 17.6 Å². The molecule has 1 aliphatic rings. The minimum Gasteiger partial charge on any atom is -0.481 e. The molecule has 0 radical (unpaired) electrons. The molecule has 1 heterocycles. The molecule has 1 unspecified atom stereocenters. The fraction of sp³-hybridized carbons (Fsp3) is 0.333. The lowest BCUT2D eigenvalue weighted by atomic mass is 9.83. The summed E-state index contributed by atoms with van der Waals surface area (Å²) in [6.45, 7) is 0. The van der Waals surface area contributed by atoms with Gasteiger partial charge in [0.2, 0.25) is 0 Å². The van der Waals surface area contributed by atoms with E-state index in [4.69, 9.17) is 21.8 Å². The quantitative estimate of drug-likeness (QED) is 0.389. The van der Waals surface area contributed by atoms with E-state index in [9.17, 15) is 19.4 Å². The van der Waals surface area contributed by atoms with Crippen molar-refractivity contribution in [3.63, 3.8) is 0 Å². The van der Waals surface area contributed by atoms with Crippen LogP contribution in [0.15, 0.2) is 54.6 Å². The highest BCUT2D eigenvalue weighted by Gasteiger charge is 2.28. The Labute approximate surface area is 208 Å². The van der Waals surface area contributed by atoms with E-state index in [1.807, 2.05) is 24.3 Å². The summed E-state index contributed by atoms with van der Waals surface area (Å²) in [5.74, 6) is -1.26. The van der Waals surface area contributed by atoms with Crippen molar-refractivity contribution in [1.82, 2.24) is 9.78 Å². The Balaban J connectivity index is 1.66. The number of rotatable bonds is 9. The number of benzene rings is 2. The molecule has 6 nitrogen and oxygen atoms in total. The minimum atomic E-state index is -1.15. The second-order valence-corrected chi connectivity index (χ2v) is 9.41. The number of hydrogen-bond acceptors (Lipinski definition) is 4. The maximum absolute atomic E-state index is 13.6. The number of carboxylic acids is 1. The second kappa shape index (κ2) is 11.2. The molecule has 184 valence electrons. The van der Waals surface area contributed by atoms with Gasteiger partial charge in [0, 0.05) is 22.9 Å². The number of carbonyl (C=O) groups is 1. The van der Waals surface area contributed by atoms with Crippen LogP contribution < -0.4 is 0 Å². The monoisotopic (exact) mass is 498 g/mol. The molecule has 0 amide bonds. The molecule has 1 aromatic heterocycles. The van der Waals surface area contributed by atoms with Crippen LogP contribution in [0.25, 0.3) is 11.8 Å². The van der Waals surface area contributed by atoms with Crippen LogP contribution in [0.1, 0.15) is 54.1 Å². The van der Waals surface area contributed by atoms with Gasteiger partial charge in [-0.1, -0.05) is 29.8 Å². The lowest BCUT2D eigenvalue weighted by Crippen LogP contribution is -2.19. The van der Waals surface area contributed by atoms with E-state index in [1.165, 1.54) is 17.7 Å². The first-order chi connectivity index (χ1) is 16.8. The zero-order valence-electron chi connectivity index (χ0n) is 19.1. The van der Waals surface area contributed by atoms with Gasteiger partial charge in [0.15, 0.2) is 0 Å². The summed E-state index contributed by atoms with van der Waals surface area (Å²) in [6.07, 6.45) is 4.24. The van der Waals surface area contributed by atoms with Crippen molar-refractivity contribution in [3.8, 4) is 5.69 Å². The van der Waals surface area contributed by atoms with Gasteiger partial charge in [-0.2, -0.15) is 5.10 Å². The third-order valence-corrected chi connectivity index (χ3v) is 6.54. The maximum Gasteiger partial charge on any atom is 0.305 e. The van der Waals surface area contributed by atoms with E-state index in [1.54, 1.807) is 29.0 Å². The molecule has 0 fully saturated rings. The molecular weight excluding hydrogens is 471 g/mol. The van der Waals surface area contributed by atoms with Crippen LogP contribution in [-0.4, -0.2) is 43.3 Å². The standard InChI is InChI=1S/C27H28ClFN2O4/c28-19-6-4-17(5-7-19)14-18-2-1-3-24-25(13-12-22(32)15-23(33)16-26(34)35)31(30-27(18)24)21-10-8-20(29)9-11-21/h4-13,18,22-23,32-33H,1-3,14-16H2,(H,34,35)/b13-12+/t18?,22-,23-/m1/s1. The van der Waals surface area contributed by atoms with E-state index in [2.05, 4.69) is 0 Å². The van der Waals surface area contributed by atoms with Gasteiger partial charge in [-0.15, -0.1) is 0 Å². The van der Waals surface area contributed by atoms with Gasteiger partial charge in [-0.05, 0) is 73.7 Å². The molecule has 0 spiro atoms. The van der Waals surface area contributed by atoms with Crippen molar-refractivity contribution in [2.24, 2.45) is 0 Å². The zero-order chi connectivity index (χ0) is 24.9. The smallest absolute Gasteiger partial charge is 0.305 e. The van der Waals surface area contributed by atoms with Gasteiger partial charge in [0.25, 0.3) is 0 Å². The molecule has 8 heteroatoms. The second-order valence-electron chi connectivity index (χ2n) is 8.97. The van der Waals surface area contributed by atoms with E-state index < -0.39 is 24.6 Å². The molecule has 3 N–H and O–H groups in total. The van der Waals surface area contributed by atoms with Crippen molar-refractivity contribution in [2.45, 2.75) is 56.7 Å². The van der Waals surface area contributed by atoms with Gasteiger partial charge in [-0.25, -0.2) is 9.07 Å². The summed E-state index contributed by atoms with van der Waals surface area (Å²) in [7, 11) is 0. The largest absolute Gasteiger partial charge is 0.481 e. The number of aromatic nitrogens is 2. The number of fused-ring (bicyclic) bond motifs is 1. The van der Waals surface area contributed by atoms with Crippen LogP contribution in [0.2, 0.25) is 5.02 Å². The Hall–Kier alpha value is -3.00. The molecule has 2 aromatic carbocycles. The Bertz CT molecular complexity index is 1190. The third kappa shape index (κ3) is 6.36. The molecule has 3 atom stereocenters. The highest BCUT2D eigenvalue weighted by Crippen LogP contribution is 2.37. The number of hydrogen-bond donors (Lipinski definition) is 3. The summed E-state index contributed by atoms with van der Waals surface area (Å²) in [6, 6.07) is 13.9. The molecule has 1 aliphatic carbocycles. The maximum atomic E-state index is 13.6. The van der Waals surface area contributed by atoms with Crippen LogP contribution >= 0.6 is 11.6 Å². The summed E-state index contributed by atoms with van der Waals surface area (Å²) in [5.41, 5.74) is 4.72. The summed E-state index contributed by atoms with van der Waals surface area (Å²) in [5, 5.41) is 34.7. The number of aliphatic carboxylic acids is 1. The normalized spacial score (nSPS) is 17.3. The van der Waals surface area contributed by atoms with E-state index >= 15 is 0 Å². The lowest BCUT2D eigenvalue weighted by molar-refractivity contribution is -0.139. The van der Waals surface area contributed by atoms with Crippen LogP contribution in [0.5, 0.6) is 0 Å². The SMILES string of the molecule is O=C(O)C[C@H](O)C[C@H](O)/C=C/c1c2c(nn1-c1ccc(F)cc1)C(Cc1ccc(Cl)cc1)CCC2. The van der Waals surface area contributed by atoms with E-state index in [-0.39, 0.29) is 18.2 Å². The van der Waals surface area contributed by atoms with Gasteiger partial charge in [-0.3, -0.25) is 4.79 Å². The summed E-state index contributed by atoms with van der Waals surface area (Å²) < 4.78 is 15.3.